The fourth-order valence-corrected chi connectivity index (χ4v) is 5.45. The molecule has 2 aromatic carbocycles. The lowest BCUT2D eigenvalue weighted by molar-refractivity contribution is -0.136. The predicted octanol–water partition coefficient (Wildman–Crippen LogP) is 2.93. The van der Waals surface area contributed by atoms with Gasteiger partial charge in [0.1, 0.15) is 0 Å². The number of benzene rings is 2. The summed E-state index contributed by atoms with van der Waals surface area (Å²) in [4.78, 5) is 31.8. The molecule has 1 aromatic heterocycles. The average molecular weight is 523 g/mol. The largest absolute Gasteiger partial charge is 0.490 e. The molecule has 1 unspecified atom stereocenters. The second-order valence-corrected chi connectivity index (χ2v) is 9.27. The lowest BCUT2D eigenvalue weighted by Crippen LogP contribution is -2.39. The van der Waals surface area contributed by atoms with E-state index in [0.717, 1.165) is 5.56 Å². The molecule has 3 aromatic rings. The maximum Gasteiger partial charge on any atom is 0.338 e. The van der Waals surface area contributed by atoms with Crippen molar-refractivity contribution < 1.29 is 28.5 Å². The predicted molar refractivity (Wildman–Crippen MR) is 137 cm³/mol. The van der Waals surface area contributed by atoms with Gasteiger partial charge in [0.15, 0.2) is 27.8 Å². The minimum Gasteiger partial charge on any atom is -0.490 e. The van der Waals surface area contributed by atoms with Gasteiger partial charge in [-0.3, -0.25) is 9.36 Å². The minimum absolute atomic E-state index is 0.169. The number of allylic oxidation sites excluding steroid dienone is 1. The molecular formula is C27H26N2O7S. The quantitative estimate of drug-likeness (QED) is 0.440. The van der Waals surface area contributed by atoms with Gasteiger partial charge in [0.25, 0.3) is 5.56 Å². The molecule has 0 amide bonds. The van der Waals surface area contributed by atoms with Crippen molar-refractivity contribution in [3.05, 3.63) is 78.5 Å². The van der Waals surface area contributed by atoms with Crippen molar-refractivity contribution in [1.29, 1.82) is 0 Å². The zero-order valence-electron chi connectivity index (χ0n) is 20.9. The van der Waals surface area contributed by atoms with Gasteiger partial charge in [0, 0.05) is 0 Å². The van der Waals surface area contributed by atoms with E-state index in [1.165, 1.54) is 23.0 Å². The SMILES string of the molecule is CCOc1ccc(C2C(C(=O)OC)=C(C)N=c3s/c(=C/c4ccc5c(c4)OCO5)c(=O)n32)cc1OCC. The van der Waals surface area contributed by atoms with Gasteiger partial charge < -0.3 is 23.7 Å². The van der Waals surface area contributed by atoms with Crippen LogP contribution in [0.15, 0.2) is 57.5 Å². The summed E-state index contributed by atoms with van der Waals surface area (Å²) in [7, 11) is 1.31. The van der Waals surface area contributed by atoms with Gasteiger partial charge in [-0.2, -0.15) is 0 Å². The molecule has 0 spiro atoms. The summed E-state index contributed by atoms with van der Waals surface area (Å²) in [5, 5.41) is 0. The van der Waals surface area contributed by atoms with Crippen molar-refractivity contribution in [3.8, 4) is 23.0 Å². The zero-order chi connectivity index (χ0) is 26.1. The van der Waals surface area contributed by atoms with Crippen LogP contribution in [0.4, 0.5) is 0 Å². The molecule has 0 radical (unpaired) electrons. The Balaban J connectivity index is 1.69. The number of hydrogen-bond donors (Lipinski definition) is 0. The summed E-state index contributed by atoms with van der Waals surface area (Å²) in [6.07, 6.45) is 1.78. The third kappa shape index (κ3) is 4.48. The van der Waals surface area contributed by atoms with Crippen LogP contribution in [0, 0.1) is 0 Å². The summed E-state index contributed by atoms with van der Waals surface area (Å²) < 4.78 is 29.5. The highest BCUT2D eigenvalue weighted by Gasteiger charge is 2.33. The Hall–Kier alpha value is -4.05. The van der Waals surface area contributed by atoms with E-state index in [4.69, 9.17) is 23.7 Å². The smallest absolute Gasteiger partial charge is 0.338 e. The monoisotopic (exact) mass is 522 g/mol. The number of rotatable bonds is 7. The Kier molecular flexibility index (Phi) is 6.75. The first-order valence-electron chi connectivity index (χ1n) is 11.8. The van der Waals surface area contributed by atoms with E-state index in [1.807, 2.05) is 38.1 Å². The number of esters is 1. The van der Waals surface area contributed by atoms with Crippen molar-refractivity contribution in [3.63, 3.8) is 0 Å². The van der Waals surface area contributed by atoms with E-state index in [1.54, 1.807) is 25.1 Å². The van der Waals surface area contributed by atoms with Crippen molar-refractivity contribution in [2.75, 3.05) is 27.1 Å². The molecule has 3 heterocycles. The molecule has 37 heavy (non-hydrogen) atoms. The zero-order valence-corrected chi connectivity index (χ0v) is 21.7. The summed E-state index contributed by atoms with van der Waals surface area (Å²) in [5.74, 6) is 1.86. The Labute approximate surface area is 216 Å². The van der Waals surface area contributed by atoms with Gasteiger partial charge in [0.2, 0.25) is 6.79 Å². The molecule has 0 saturated heterocycles. The maximum atomic E-state index is 13.8. The fourth-order valence-electron chi connectivity index (χ4n) is 4.40. The number of aromatic nitrogens is 1. The minimum atomic E-state index is -0.752. The van der Waals surface area contributed by atoms with Gasteiger partial charge in [-0.25, -0.2) is 9.79 Å². The van der Waals surface area contributed by atoms with Crippen LogP contribution in [-0.4, -0.2) is 37.7 Å². The molecule has 0 fully saturated rings. The third-order valence-electron chi connectivity index (χ3n) is 6.00. The van der Waals surface area contributed by atoms with Crippen LogP contribution in [-0.2, 0) is 9.53 Å². The van der Waals surface area contributed by atoms with Crippen molar-refractivity contribution in [2.45, 2.75) is 26.8 Å². The Morgan fingerprint density at radius 3 is 2.62 bits per heavy atom. The molecule has 10 heteroatoms. The van der Waals surface area contributed by atoms with Crippen molar-refractivity contribution in [2.24, 2.45) is 4.99 Å². The van der Waals surface area contributed by atoms with Crippen molar-refractivity contribution >= 4 is 23.4 Å². The molecule has 5 rings (SSSR count). The normalized spacial score (nSPS) is 16.3. The van der Waals surface area contributed by atoms with E-state index in [9.17, 15) is 9.59 Å². The van der Waals surface area contributed by atoms with Crippen LogP contribution < -0.4 is 33.8 Å². The molecule has 192 valence electrons. The van der Waals surface area contributed by atoms with Gasteiger partial charge in [-0.15, -0.1) is 0 Å². The standard InChI is InChI=1S/C27H26N2O7S/c1-5-33-18-10-8-17(13-21(18)34-6-2)24-23(26(31)32-4)15(3)28-27-29(24)25(30)22(37-27)12-16-7-9-19-20(11-16)36-14-35-19/h7-13,24H,5-6,14H2,1-4H3/b22-12+. The number of carbonyl (C=O) groups excluding carboxylic acids is 1. The van der Waals surface area contributed by atoms with Crippen LogP contribution in [0.1, 0.15) is 37.9 Å². The van der Waals surface area contributed by atoms with Gasteiger partial charge >= 0.3 is 5.97 Å². The molecular weight excluding hydrogens is 496 g/mol. The molecule has 2 aliphatic heterocycles. The van der Waals surface area contributed by atoms with E-state index in [0.29, 0.717) is 56.8 Å². The molecule has 0 aliphatic carbocycles. The molecule has 9 nitrogen and oxygen atoms in total. The van der Waals surface area contributed by atoms with Crippen LogP contribution in [0.25, 0.3) is 6.08 Å². The van der Waals surface area contributed by atoms with E-state index in [2.05, 4.69) is 4.99 Å². The third-order valence-corrected chi connectivity index (χ3v) is 6.99. The summed E-state index contributed by atoms with van der Waals surface area (Å²) >= 11 is 1.25. The molecule has 1 atom stereocenters. The first kappa shape index (κ1) is 24.6. The number of hydrogen-bond acceptors (Lipinski definition) is 9. The average Bonchev–Trinajstić information content (AvgIpc) is 3.48. The number of methoxy groups -OCH3 is 1. The molecule has 2 aliphatic rings. The van der Waals surface area contributed by atoms with Crippen LogP contribution >= 0.6 is 11.3 Å². The second kappa shape index (κ2) is 10.1. The highest BCUT2D eigenvalue weighted by atomic mass is 32.1. The number of fused-ring (bicyclic) bond motifs is 2. The number of ether oxygens (including phenoxy) is 5. The summed E-state index contributed by atoms with van der Waals surface area (Å²) in [6, 6.07) is 10.2. The van der Waals surface area contributed by atoms with E-state index < -0.39 is 12.0 Å². The molecule has 0 N–H and O–H groups in total. The summed E-state index contributed by atoms with van der Waals surface area (Å²) in [5.41, 5.74) is 1.97. The first-order chi connectivity index (χ1) is 17.9. The van der Waals surface area contributed by atoms with Crippen LogP contribution in [0.2, 0.25) is 0 Å². The topological polar surface area (TPSA) is 97.6 Å². The van der Waals surface area contributed by atoms with Gasteiger partial charge in [-0.05, 0) is 62.2 Å². The lowest BCUT2D eigenvalue weighted by Gasteiger charge is -2.25. The Morgan fingerprint density at radius 2 is 1.86 bits per heavy atom. The molecule has 0 saturated carbocycles. The highest BCUT2D eigenvalue weighted by Crippen LogP contribution is 2.36. The lowest BCUT2D eigenvalue weighted by atomic mass is 9.95. The second-order valence-electron chi connectivity index (χ2n) is 8.26. The highest BCUT2D eigenvalue weighted by molar-refractivity contribution is 7.07. The Bertz CT molecular complexity index is 1580. The fraction of sp³-hybridized carbons (Fsp3) is 0.296. The number of carbonyl (C=O) groups is 1. The van der Waals surface area contributed by atoms with Crippen LogP contribution in [0.5, 0.6) is 23.0 Å². The van der Waals surface area contributed by atoms with E-state index >= 15 is 0 Å². The number of thiazole rings is 1. The molecule has 0 bridgehead atoms. The van der Waals surface area contributed by atoms with Gasteiger partial charge in [0.05, 0.1) is 42.2 Å². The number of nitrogens with zero attached hydrogens (tertiary/aromatic N) is 2. The van der Waals surface area contributed by atoms with Gasteiger partial charge in [-0.1, -0.05) is 23.5 Å². The van der Waals surface area contributed by atoms with E-state index in [-0.39, 0.29) is 17.9 Å². The summed E-state index contributed by atoms with van der Waals surface area (Å²) in [6.45, 7) is 6.59. The van der Waals surface area contributed by atoms with Crippen LogP contribution in [0.3, 0.4) is 0 Å². The first-order valence-corrected chi connectivity index (χ1v) is 12.7. The maximum absolute atomic E-state index is 13.8. The van der Waals surface area contributed by atoms with Crippen molar-refractivity contribution in [1.82, 2.24) is 4.57 Å². The Morgan fingerprint density at radius 1 is 1.11 bits per heavy atom.